The largest absolute Gasteiger partial charge is 0.452 e. The number of Topliss-reactive ketones (excluding diaryl/α,β-unsaturated/α-hetero) is 1. The van der Waals surface area contributed by atoms with Crippen LogP contribution >= 0.6 is 0 Å². The fourth-order valence-electron chi connectivity index (χ4n) is 4.34. The van der Waals surface area contributed by atoms with Crippen LogP contribution in [-0.2, 0) is 14.4 Å². The van der Waals surface area contributed by atoms with E-state index in [-0.39, 0.29) is 24.4 Å². The van der Waals surface area contributed by atoms with Crippen LogP contribution in [0.15, 0.2) is 42.7 Å². The molecule has 0 bridgehead atoms. The average molecular weight is 536 g/mol. The Hall–Kier alpha value is -3.70. The number of hydrogen-bond acceptors (Lipinski definition) is 5. The summed E-state index contributed by atoms with van der Waals surface area (Å²) in [7, 11) is 0. The summed E-state index contributed by atoms with van der Waals surface area (Å²) < 4.78 is 40.6. The Morgan fingerprint density at radius 2 is 1.61 bits per heavy atom. The second kappa shape index (κ2) is 11.8. The maximum atomic E-state index is 13.5. The molecule has 3 atom stereocenters. The van der Waals surface area contributed by atoms with E-state index in [4.69, 9.17) is 0 Å². The number of aromatic nitrogens is 2. The number of nitrogens with zero attached hydrogens (tertiary/aromatic N) is 3. The van der Waals surface area contributed by atoms with Crippen molar-refractivity contribution in [3.63, 3.8) is 0 Å². The molecule has 1 aromatic carbocycles. The van der Waals surface area contributed by atoms with E-state index in [0.717, 1.165) is 5.69 Å². The summed E-state index contributed by atoms with van der Waals surface area (Å²) in [6, 6.07) is 5.34. The lowest BCUT2D eigenvalue weighted by Crippen LogP contribution is -2.58. The van der Waals surface area contributed by atoms with Crippen molar-refractivity contribution in [2.75, 3.05) is 6.54 Å². The van der Waals surface area contributed by atoms with Crippen molar-refractivity contribution in [2.24, 2.45) is 11.8 Å². The molecule has 1 fully saturated rings. The molecule has 0 saturated carbocycles. The SMILES string of the molecule is CC(C)[C@H](NC(=O)c1cnn(-c2ccccc2)c1)C(=O)N1CCC[C@H]1C(=O)N[C@H](C(=O)C(F)(F)F)C(C)C. The van der Waals surface area contributed by atoms with E-state index >= 15 is 0 Å². The molecule has 2 N–H and O–H groups in total. The number of carbonyl (C=O) groups is 4. The molecule has 1 aliphatic rings. The van der Waals surface area contributed by atoms with E-state index in [2.05, 4.69) is 15.7 Å². The van der Waals surface area contributed by atoms with Gasteiger partial charge in [-0.15, -0.1) is 0 Å². The number of carbonyl (C=O) groups excluding carboxylic acids is 4. The monoisotopic (exact) mass is 535 g/mol. The standard InChI is InChI=1S/C26H32F3N5O4/c1-15(2)20(22(35)26(27,28)29)31-24(37)19-11-8-12-33(19)25(38)21(16(3)4)32-23(36)17-13-30-34(14-17)18-9-6-5-7-10-18/h5-7,9-10,13-16,19-21H,8,11-12H2,1-4H3,(H,31,37)(H,32,36)/t19-,20-,21-/m0/s1. The molecule has 0 unspecified atom stereocenters. The van der Waals surface area contributed by atoms with E-state index in [1.165, 1.54) is 35.8 Å². The topological polar surface area (TPSA) is 113 Å². The first-order valence-corrected chi connectivity index (χ1v) is 12.4. The molecule has 9 nitrogen and oxygen atoms in total. The van der Waals surface area contributed by atoms with Gasteiger partial charge >= 0.3 is 6.18 Å². The van der Waals surface area contributed by atoms with Gasteiger partial charge < -0.3 is 15.5 Å². The van der Waals surface area contributed by atoms with Crippen LogP contribution in [0.2, 0.25) is 0 Å². The molecular weight excluding hydrogens is 503 g/mol. The lowest BCUT2D eigenvalue weighted by molar-refractivity contribution is -0.175. The molecule has 1 saturated heterocycles. The minimum Gasteiger partial charge on any atom is -0.344 e. The highest BCUT2D eigenvalue weighted by molar-refractivity contribution is 5.99. The smallest absolute Gasteiger partial charge is 0.344 e. The third kappa shape index (κ3) is 6.59. The van der Waals surface area contributed by atoms with Crippen molar-refractivity contribution < 1.29 is 32.3 Å². The van der Waals surface area contributed by atoms with E-state index in [9.17, 15) is 32.3 Å². The van der Waals surface area contributed by atoms with Crippen molar-refractivity contribution in [2.45, 2.75) is 64.8 Å². The predicted octanol–water partition coefficient (Wildman–Crippen LogP) is 2.89. The molecule has 1 aromatic heterocycles. The highest BCUT2D eigenvalue weighted by Crippen LogP contribution is 2.24. The lowest BCUT2D eigenvalue weighted by Gasteiger charge is -2.31. The Bertz CT molecular complexity index is 1160. The van der Waals surface area contributed by atoms with Crippen LogP contribution in [-0.4, -0.2) is 69.0 Å². The van der Waals surface area contributed by atoms with E-state index in [1.54, 1.807) is 13.8 Å². The molecule has 2 heterocycles. The Kier molecular flexibility index (Phi) is 8.95. The molecule has 38 heavy (non-hydrogen) atoms. The van der Waals surface area contributed by atoms with Gasteiger partial charge in [-0.25, -0.2) is 4.68 Å². The second-order valence-corrected chi connectivity index (χ2v) is 9.99. The zero-order chi connectivity index (χ0) is 28.2. The minimum atomic E-state index is -5.10. The summed E-state index contributed by atoms with van der Waals surface area (Å²) >= 11 is 0. The van der Waals surface area contributed by atoms with Crippen molar-refractivity contribution in [3.8, 4) is 5.69 Å². The Morgan fingerprint density at radius 1 is 0.974 bits per heavy atom. The number of halogens is 3. The summed E-state index contributed by atoms with van der Waals surface area (Å²) in [5.41, 5.74) is 0.978. The maximum absolute atomic E-state index is 13.5. The summed E-state index contributed by atoms with van der Waals surface area (Å²) in [5.74, 6) is -5.08. The summed E-state index contributed by atoms with van der Waals surface area (Å²) in [6.45, 7) is 6.46. The first-order valence-electron chi connectivity index (χ1n) is 12.4. The highest BCUT2D eigenvalue weighted by Gasteiger charge is 2.46. The minimum absolute atomic E-state index is 0.196. The molecular formula is C26H32F3N5O4. The number of para-hydroxylation sites is 1. The van der Waals surface area contributed by atoms with Gasteiger partial charge in [-0.3, -0.25) is 19.2 Å². The molecule has 12 heteroatoms. The number of amides is 3. The van der Waals surface area contributed by atoms with Crippen LogP contribution in [0.5, 0.6) is 0 Å². The van der Waals surface area contributed by atoms with Gasteiger partial charge in [-0.05, 0) is 36.8 Å². The van der Waals surface area contributed by atoms with Crippen LogP contribution in [0.3, 0.4) is 0 Å². The van der Waals surface area contributed by atoms with E-state index in [0.29, 0.717) is 6.42 Å². The molecule has 206 valence electrons. The number of ketones is 1. The second-order valence-electron chi connectivity index (χ2n) is 9.99. The zero-order valence-electron chi connectivity index (χ0n) is 21.7. The van der Waals surface area contributed by atoms with Gasteiger partial charge in [0.25, 0.3) is 11.7 Å². The van der Waals surface area contributed by atoms with Gasteiger partial charge in [0.15, 0.2) is 0 Å². The average Bonchev–Trinajstić information content (AvgIpc) is 3.55. The normalized spacial score (nSPS) is 17.4. The fraction of sp³-hybridized carbons (Fsp3) is 0.500. The number of nitrogens with one attached hydrogen (secondary N) is 2. The van der Waals surface area contributed by atoms with E-state index in [1.807, 2.05) is 30.3 Å². The summed E-state index contributed by atoms with van der Waals surface area (Å²) in [4.78, 5) is 52.5. The van der Waals surface area contributed by atoms with Crippen LogP contribution in [0.25, 0.3) is 5.69 Å². The number of benzene rings is 1. The molecule has 3 rings (SSSR count). The van der Waals surface area contributed by atoms with Crippen molar-refractivity contribution in [1.29, 1.82) is 0 Å². The van der Waals surface area contributed by atoms with Crippen LogP contribution in [0.1, 0.15) is 50.9 Å². The first kappa shape index (κ1) is 28.9. The lowest BCUT2D eigenvalue weighted by atomic mass is 9.98. The first-order chi connectivity index (χ1) is 17.8. The predicted molar refractivity (Wildman–Crippen MR) is 132 cm³/mol. The number of hydrogen-bond donors (Lipinski definition) is 2. The summed E-state index contributed by atoms with van der Waals surface area (Å²) in [5, 5.41) is 9.10. The Labute approximate surface area is 218 Å². The molecule has 0 aliphatic carbocycles. The van der Waals surface area contributed by atoms with Crippen molar-refractivity contribution >= 4 is 23.5 Å². The van der Waals surface area contributed by atoms with E-state index < -0.39 is 53.7 Å². The number of likely N-dealkylation sites (tertiary alicyclic amines) is 1. The van der Waals surface area contributed by atoms with Gasteiger partial charge in [0.1, 0.15) is 12.1 Å². The van der Waals surface area contributed by atoms with Crippen molar-refractivity contribution in [3.05, 3.63) is 48.3 Å². The molecule has 3 amide bonds. The highest BCUT2D eigenvalue weighted by atomic mass is 19.4. The fourth-order valence-corrected chi connectivity index (χ4v) is 4.34. The van der Waals surface area contributed by atoms with Crippen LogP contribution < -0.4 is 10.6 Å². The Balaban J connectivity index is 1.73. The number of rotatable bonds is 9. The van der Waals surface area contributed by atoms with Crippen LogP contribution in [0, 0.1) is 11.8 Å². The molecule has 0 radical (unpaired) electrons. The van der Waals surface area contributed by atoms with Crippen molar-refractivity contribution in [1.82, 2.24) is 25.3 Å². The molecule has 1 aliphatic heterocycles. The maximum Gasteiger partial charge on any atom is 0.452 e. The third-order valence-electron chi connectivity index (χ3n) is 6.45. The van der Waals surface area contributed by atoms with Gasteiger partial charge in [-0.1, -0.05) is 45.9 Å². The third-order valence-corrected chi connectivity index (χ3v) is 6.45. The molecule has 2 aromatic rings. The van der Waals surface area contributed by atoms with Gasteiger partial charge in [0.05, 0.1) is 23.5 Å². The number of alkyl halides is 3. The van der Waals surface area contributed by atoms with Gasteiger partial charge in [0, 0.05) is 12.7 Å². The quantitative estimate of drug-likeness (QED) is 0.513. The van der Waals surface area contributed by atoms with Gasteiger partial charge in [0.2, 0.25) is 11.8 Å². The van der Waals surface area contributed by atoms with Gasteiger partial charge in [-0.2, -0.15) is 18.3 Å². The van der Waals surface area contributed by atoms with Crippen LogP contribution in [0.4, 0.5) is 13.2 Å². The summed E-state index contributed by atoms with van der Waals surface area (Å²) in [6.07, 6.45) is -1.52. The molecule has 0 spiro atoms. The Morgan fingerprint density at radius 3 is 2.18 bits per heavy atom. The zero-order valence-corrected chi connectivity index (χ0v) is 21.7.